The molecule has 0 aliphatic heterocycles. The molecule has 4 N–H and O–H groups in total. The molecule has 1 aliphatic carbocycles. The highest BCUT2D eigenvalue weighted by Gasteiger charge is 2.58. The third-order valence-corrected chi connectivity index (χ3v) is 7.89. The summed E-state index contributed by atoms with van der Waals surface area (Å²) in [6.07, 6.45) is 0.576. The third kappa shape index (κ3) is 4.36. The third-order valence-electron chi connectivity index (χ3n) is 5.34. The zero-order chi connectivity index (χ0) is 23.6. The van der Waals surface area contributed by atoms with Gasteiger partial charge in [0, 0.05) is 23.9 Å². The number of hydrogen-bond donors (Lipinski definition) is 3. The summed E-state index contributed by atoms with van der Waals surface area (Å²) in [6.45, 7) is -0.767. The Kier molecular flexibility index (Phi) is 5.98. The molecule has 2 aromatic carbocycles. The molecule has 1 aromatic heterocycles. The van der Waals surface area contributed by atoms with Gasteiger partial charge in [0.15, 0.2) is 15.7 Å². The van der Waals surface area contributed by atoms with Crippen molar-refractivity contribution in [1.82, 2.24) is 15.3 Å². The van der Waals surface area contributed by atoms with E-state index in [1.165, 1.54) is 24.3 Å². The fraction of sp³-hybridized carbons (Fsp3) is 0.227. The Balaban J connectivity index is 1.64. The molecule has 8 nitrogen and oxygen atoms in total. The van der Waals surface area contributed by atoms with E-state index in [-0.39, 0.29) is 41.6 Å². The highest BCUT2D eigenvalue weighted by atomic mass is 32.2. The number of halogens is 2. The van der Waals surface area contributed by atoms with Crippen molar-refractivity contribution in [2.75, 3.05) is 24.3 Å². The molecule has 0 bridgehead atoms. The number of rotatable bonds is 7. The maximum Gasteiger partial charge on any atom is 0.319 e. The van der Waals surface area contributed by atoms with Crippen LogP contribution < -0.4 is 16.4 Å². The van der Waals surface area contributed by atoms with Crippen molar-refractivity contribution in [3.8, 4) is 11.4 Å². The van der Waals surface area contributed by atoms with E-state index in [2.05, 4.69) is 20.6 Å². The molecular formula is C22H21F2N5O3S. The van der Waals surface area contributed by atoms with Crippen LogP contribution in [0.4, 0.5) is 25.1 Å². The largest absolute Gasteiger partial charge is 0.384 e. The van der Waals surface area contributed by atoms with Gasteiger partial charge in [-0.2, -0.15) is 0 Å². The lowest BCUT2D eigenvalue weighted by atomic mass is 10.1. The maximum absolute atomic E-state index is 14.3. The lowest BCUT2D eigenvalue weighted by molar-refractivity contribution is 0.251. The highest BCUT2D eigenvalue weighted by molar-refractivity contribution is 7.92. The van der Waals surface area contributed by atoms with Crippen LogP contribution in [0.1, 0.15) is 18.5 Å². The van der Waals surface area contributed by atoms with E-state index >= 15 is 0 Å². The van der Waals surface area contributed by atoms with Gasteiger partial charge >= 0.3 is 6.03 Å². The summed E-state index contributed by atoms with van der Waals surface area (Å²) in [4.78, 5) is 19.9. The van der Waals surface area contributed by atoms with Crippen LogP contribution in [0.15, 0.2) is 59.5 Å². The number of carbonyl (C=O) groups is 1. The number of hydrogen-bond acceptors (Lipinski definition) is 6. The van der Waals surface area contributed by atoms with Crippen LogP contribution in [-0.2, 0) is 14.6 Å². The van der Waals surface area contributed by atoms with Gasteiger partial charge in [-0.1, -0.05) is 12.1 Å². The van der Waals surface area contributed by atoms with Crippen molar-refractivity contribution in [2.45, 2.75) is 22.5 Å². The molecule has 1 aliphatic rings. The van der Waals surface area contributed by atoms with Gasteiger partial charge in [-0.15, -0.1) is 0 Å². The number of benzene rings is 2. The van der Waals surface area contributed by atoms with Crippen molar-refractivity contribution >= 4 is 27.4 Å². The minimum atomic E-state index is -4.06. The second-order valence-electron chi connectivity index (χ2n) is 7.58. The van der Waals surface area contributed by atoms with Gasteiger partial charge in [-0.3, -0.25) is 0 Å². The molecule has 2 amide bonds. The fourth-order valence-electron chi connectivity index (χ4n) is 3.52. The van der Waals surface area contributed by atoms with Gasteiger partial charge in [0.05, 0.1) is 5.69 Å². The number of nitrogens with one attached hydrogen (secondary N) is 2. The average Bonchev–Trinajstić information content (AvgIpc) is 3.61. The van der Waals surface area contributed by atoms with Crippen LogP contribution in [0, 0.1) is 5.82 Å². The predicted octanol–water partition coefficient (Wildman–Crippen LogP) is 3.42. The molecule has 0 spiro atoms. The molecular weight excluding hydrogens is 452 g/mol. The Hall–Kier alpha value is -3.60. The second kappa shape index (κ2) is 8.74. The monoisotopic (exact) mass is 473 g/mol. The molecule has 0 unspecified atom stereocenters. The van der Waals surface area contributed by atoms with Gasteiger partial charge in [0.2, 0.25) is 0 Å². The number of alkyl halides is 1. The number of aromatic nitrogens is 2. The van der Waals surface area contributed by atoms with Crippen LogP contribution >= 0.6 is 0 Å². The molecule has 172 valence electrons. The van der Waals surface area contributed by atoms with E-state index in [1.807, 2.05) is 0 Å². The normalized spacial score (nSPS) is 14.5. The molecule has 33 heavy (non-hydrogen) atoms. The van der Waals surface area contributed by atoms with E-state index in [0.717, 1.165) is 6.07 Å². The molecule has 0 atom stereocenters. The summed E-state index contributed by atoms with van der Waals surface area (Å²) in [5.74, 6) is -0.532. The van der Waals surface area contributed by atoms with Gasteiger partial charge in [-0.05, 0) is 49.2 Å². The average molecular weight is 474 g/mol. The van der Waals surface area contributed by atoms with Gasteiger partial charge in [0.25, 0.3) is 0 Å². The lowest BCUT2D eigenvalue weighted by Gasteiger charge is -2.17. The number of anilines is 2. The quantitative estimate of drug-likeness (QED) is 0.483. The minimum Gasteiger partial charge on any atom is -0.384 e. The predicted molar refractivity (Wildman–Crippen MR) is 119 cm³/mol. The van der Waals surface area contributed by atoms with E-state index in [4.69, 9.17) is 5.73 Å². The highest BCUT2D eigenvalue weighted by Crippen LogP contribution is 2.55. The van der Waals surface area contributed by atoms with Crippen molar-refractivity contribution in [1.29, 1.82) is 0 Å². The minimum absolute atomic E-state index is 0.0813. The zero-order valence-electron chi connectivity index (χ0n) is 17.4. The van der Waals surface area contributed by atoms with Crippen molar-refractivity contribution in [3.63, 3.8) is 0 Å². The maximum atomic E-state index is 14.3. The van der Waals surface area contributed by atoms with Crippen LogP contribution in [-0.4, -0.2) is 37.6 Å². The number of nitrogen functional groups attached to an aromatic ring is 1. The number of sulfone groups is 1. The Morgan fingerprint density at radius 3 is 2.42 bits per heavy atom. The number of carbonyl (C=O) groups excluding carboxylic acids is 1. The zero-order valence-corrected chi connectivity index (χ0v) is 18.2. The summed E-state index contributed by atoms with van der Waals surface area (Å²) < 4.78 is 51.7. The molecule has 0 radical (unpaired) electrons. The molecule has 0 saturated heterocycles. The van der Waals surface area contributed by atoms with Gasteiger partial charge in [0.1, 0.15) is 28.0 Å². The first-order valence-corrected chi connectivity index (χ1v) is 11.6. The Morgan fingerprint density at radius 1 is 1.09 bits per heavy atom. The molecule has 3 aromatic rings. The van der Waals surface area contributed by atoms with E-state index in [0.29, 0.717) is 11.3 Å². The number of amides is 2. The Morgan fingerprint density at radius 2 is 1.79 bits per heavy atom. The second-order valence-corrected chi connectivity index (χ2v) is 9.81. The first-order valence-electron chi connectivity index (χ1n) is 10.1. The SMILES string of the molecule is Nc1cc(C2(S(=O)(=O)c3ccccc3F)CC2)nc(-c2ccc(NC(=O)NCCF)cc2)n1. The topological polar surface area (TPSA) is 127 Å². The van der Waals surface area contributed by atoms with Crippen molar-refractivity contribution in [3.05, 3.63) is 66.1 Å². The molecule has 1 fully saturated rings. The Labute approximate surface area is 189 Å². The van der Waals surface area contributed by atoms with Crippen LogP contribution in [0.3, 0.4) is 0 Å². The molecule has 1 saturated carbocycles. The summed E-state index contributed by atoms with van der Waals surface area (Å²) in [5.41, 5.74) is 7.17. The van der Waals surface area contributed by atoms with Crippen molar-refractivity contribution in [2.24, 2.45) is 0 Å². The molecule has 1 heterocycles. The van der Waals surface area contributed by atoms with Crippen LogP contribution in [0.2, 0.25) is 0 Å². The lowest BCUT2D eigenvalue weighted by Crippen LogP contribution is -2.30. The molecule has 4 rings (SSSR count). The standard InChI is InChI=1S/C22H21F2N5O3S/c23-11-12-26-21(30)27-15-7-5-14(6-8-15)20-28-18(13-19(25)29-20)22(9-10-22)33(31,32)17-4-2-1-3-16(17)24/h1-8,13H,9-12H2,(H2,25,28,29)(H2,26,27,30). The van der Waals surface area contributed by atoms with Crippen LogP contribution in [0.5, 0.6) is 0 Å². The fourth-order valence-corrected chi connectivity index (χ4v) is 5.54. The number of urea groups is 1. The first kappa shape index (κ1) is 22.6. The van der Waals surface area contributed by atoms with E-state index in [9.17, 15) is 22.0 Å². The van der Waals surface area contributed by atoms with Crippen LogP contribution in [0.25, 0.3) is 11.4 Å². The van der Waals surface area contributed by atoms with E-state index < -0.39 is 33.1 Å². The van der Waals surface area contributed by atoms with E-state index in [1.54, 1.807) is 24.3 Å². The molecule has 11 heteroatoms. The summed E-state index contributed by atoms with van der Waals surface area (Å²) >= 11 is 0. The number of nitrogens with two attached hydrogens (primary N) is 1. The summed E-state index contributed by atoms with van der Waals surface area (Å²) in [5, 5.41) is 4.91. The van der Waals surface area contributed by atoms with Crippen molar-refractivity contribution < 1.29 is 22.0 Å². The smallest absolute Gasteiger partial charge is 0.319 e. The Bertz CT molecular complexity index is 1300. The summed E-state index contributed by atoms with van der Waals surface area (Å²) in [7, 11) is -4.06. The first-order chi connectivity index (χ1) is 15.8. The van der Waals surface area contributed by atoms with Gasteiger partial charge < -0.3 is 16.4 Å². The van der Waals surface area contributed by atoms with Gasteiger partial charge in [-0.25, -0.2) is 32.0 Å². The number of nitrogens with zero attached hydrogens (tertiary/aromatic N) is 2. The summed E-state index contributed by atoms with van der Waals surface area (Å²) in [6, 6.07) is 12.6.